The van der Waals surface area contributed by atoms with E-state index in [4.69, 9.17) is 9.47 Å². The number of nitrogens with zero attached hydrogens (tertiary/aromatic N) is 1. The van der Waals surface area contributed by atoms with Crippen molar-refractivity contribution in [2.45, 2.75) is 29.7 Å². The largest absolute Gasteiger partial charge is 0.497 e. The number of aryl methyl sites for hydroxylation is 1. The Morgan fingerprint density at radius 3 is 2.23 bits per heavy atom. The van der Waals surface area contributed by atoms with Crippen molar-refractivity contribution < 1.29 is 22.7 Å². The Morgan fingerprint density at radius 2 is 1.66 bits per heavy atom. The molecule has 0 radical (unpaired) electrons. The first kappa shape index (κ1) is 26.4. The molecule has 1 unspecified atom stereocenters. The number of rotatable bonds is 10. The highest BCUT2D eigenvalue weighted by molar-refractivity contribution is 7.98. The van der Waals surface area contributed by atoms with Crippen LogP contribution in [0.4, 0.5) is 5.69 Å². The predicted molar refractivity (Wildman–Crippen MR) is 140 cm³/mol. The van der Waals surface area contributed by atoms with Gasteiger partial charge in [-0.3, -0.25) is 9.10 Å². The van der Waals surface area contributed by atoms with Crippen LogP contribution in [-0.4, -0.2) is 41.3 Å². The smallest absolute Gasteiger partial charge is 0.264 e. The molecule has 186 valence electrons. The quantitative estimate of drug-likeness (QED) is 0.391. The van der Waals surface area contributed by atoms with Gasteiger partial charge in [0.2, 0.25) is 5.91 Å². The molecule has 0 fully saturated rings. The summed E-state index contributed by atoms with van der Waals surface area (Å²) in [6.45, 7) is 3.34. The highest BCUT2D eigenvalue weighted by Gasteiger charge is 2.28. The average Bonchev–Trinajstić information content (AvgIpc) is 2.87. The standard InChI is InChI=1S/C26H30N2O5S2/c1-18-6-8-20(9-7-18)28(35(30,31)23-13-11-22(34-5)12-14-23)17-26(29)27-19(2)24-16-21(32-3)10-15-25(24)33-4/h6-16,19H,17H2,1-5H3,(H,27,29). The van der Waals surface area contributed by atoms with Gasteiger partial charge in [-0.15, -0.1) is 11.8 Å². The van der Waals surface area contributed by atoms with Crippen LogP contribution in [0.3, 0.4) is 0 Å². The Morgan fingerprint density at radius 1 is 1.00 bits per heavy atom. The third-order valence-electron chi connectivity index (χ3n) is 5.54. The maximum Gasteiger partial charge on any atom is 0.264 e. The zero-order chi connectivity index (χ0) is 25.6. The van der Waals surface area contributed by atoms with Crippen molar-refractivity contribution in [2.75, 3.05) is 31.3 Å². The molecule has 0 aromatic heterocycles. The number of hydrogen-bond donors (Lipinski definition) is 1. The number of anilines is 1. The third kappa shape index (κ3) is 6.29. The van der Waals surface area contributed by atoms with Crippen LogP contribution in [0.25, 0.3) is 0 Å². The van der Waals surface area contributed by atoms with Gasteiger partial charge in [0.25, 0.3) is 10.0 Å². The van der Waals surface area contributed by atoms with Crippen LogP contribution in [0, 0.1) is 6.92 Å². The third-order valence-corrected chi connectivity index (χ3v) is 8.07. The van der Waals surface area contributed by atoms with Crippen LogP contribution in [0.5, 0.6) is 11.5 Å². The Bertz CT molecular complexity index is 1260. The SMILES string of the molecule is COc1ccc(OC)c(C(C)NC(=O)CN(c2ccc(C)cc2)S(=O)(=O)c2ccc(SC)cc2)c1. The summed E-state index contributed by atoms with van der Waals surface area (Å²) in [5, 5.41) is 2.89. The molecule has 0 bridgehead atoms. The lowest BCUT2D eigenvalue weighted by Gasteiger charge is -2.25. The minimum absolute atomic E-state index is 0.117. The van der Waals surface area contributed by atoms with Crippen molar-refractivity contribution in [2.24, 2.45) is 0 Å². The molecule has 0 aliphatic carbocycles. The Balaban J connectivity index is 1.90. The van der Waals surface area contributed by atoms with Crippen LogP contribution in [-0.2, 0) is 14.8 Å². The Kier molecular flexibility index (Phi) is 8.69. The number of sulfonamides is 1. The van der Waals surface area contributed by atoms with Crippen molar-refractivity contribution in [1.29, 1.82) is 0 Å². The topological polar surface area (TPSA) is 84.9 Å². The van der Waals surface area contributed by atoms with Crippen molar-refractivity contribution >= 4 is 33.4 Å². The first-order valence-electron chi connectivity index (χ1n) is 10.9. The number of benzene rings is 3. The van der Waals surface area contributed by atoms with Crippen LogP contribution in [0.2, 0.25) is 0 Å². The minimum atomic E-state index is -3.99. The molecule has 0 saturated heterocycles. The van der Waals surface area contributed by atoms with Gasteiger partial charge in [0.05, 0.1) is 30.8 Å². The van der Waals surface area contributed by atoms with Gasteiger partial charge in [0.15, 0.2) is 0 Å². The molecule has 35 heavy (non-hydrogen) atoms. The molecule has 1 atom stereocenters. The normalized spacial score (nSPS) is 12.0. The first-order valence-corrected chi connectivity index (χ1v) is 13.6. The summed E-state index contributed by atoms with van der Waals surface area (Å²) in [5.41, 5.74) is 2.11. The fourth-order valence-electron chi connectivity index (χ4n) is 3.57. The molecule has 0 spiro atoms. The van der Waals surface area contributed by atoms with Gasteiger partial charge in [-0.05, 0) is 74.7 Å². The summed E-state index contributed by atoms with van der Waals surface area (Å²) in [4.78, 5) is 14.2. The molecule has 1 amide bonds. The Labute approximate surface area is 211 Å². The molecular weight excluding hydrogens is 484 g/mol. The number of amides is 1. The summed E-state index contributed by atoms with van der Waals surface area (Å²) in [6.07, 6.45) is 1.92. The van der Waals surface area contributed by atoms with Gasteiger partial charge in [0.1, 0.15) is 18.0 Å². The van der Waals surface area contributed by atoms with Crippen molar-refractivity contribution in [1.82, 2.24) is 5.32 Å². The maximum absolute atomic E-state index is 13.6. The first-order chi connectivity index (χ1) is 16.7. The van der Waals surface area contributed by atoms with Gasteiger partial charge < -0.3 is 14.8 Å². The maximum atomic E-state index is 13.6. The van der Waals surface area contributed by atoms with E-state index in [0.29, 0.717) is 17.2 Å². The molecule has 0 heterocycles. The van der Waals surface area contributed by atoms with Gasteiger partial charge in [-0.2, -0.15) is 0 Å². The lowest BCUT2D eigenvalue weighted by atomic mass is 10.1. The number of thioether (sulfide) groups is 1. The van der Waals surface area contributed by atoms with Crippen molar-refractivity contribution in [3.8, 4) is 11.5 Å². The van der Waals surface area contributed by atoms with E-state index >= 15 is 0 Å². The van der Waals surface area contributed by atoms with Gasteiger partial charge >= 0.3 is 0 Å². The molecular formula is C26H30N2O5S2. The van der Waals surface area contributed by atoms with Gasteiger partial charge in [-0.1, -0.05) is 17.7 Å². The molecule has 7 nitrogen and oxygen atoms in total. The second kappa shape index (κ2) is 11.5. The monoisotopic (exact) mass is 514 g/mol. The highest BCUT2D eigenvalue weighted by Crippen LogP contribution is 2.30. The fourth-order valence-corrected chi connectivity index (χ4v) is 5.40. The van der Waals surface area contributed by atoms with Gasteiger partial charge in [-0.25, -0.2) is 8.42 Å². The number of carbonyl (C=O) groups is 1. The zero-order valence-corrected chi connectivity index (χ0v) is 22.1. The fraction of sp³-hybridized carbons (Fsp3) is 0.269. The molecule has 3 rings (SSSR count). The number of hydrogen-bond acceptors (Lipinski definition) is 6. The summed E-state index contributed by atoms with van der Waals surface area (Å²) in [5.74, 6) is 0.766. The van der Waals surface area contributed by atoms with Crippen molar-refractivity contribution in [3.63, 3.8) is 0 Å². The second-order valence-corrected chi connectivity index (χ2v) is 10.7. The van der Waals surface area contributed by atoms with E-state index in [9.17, 15) is 13.2 Å². The lowest BCUT2D eigenvalue weighted by Crippen LogP contribution is -2.41. The summed E-state index contributed by atoms with van der Waals surface area (Å²) in [7, 11) is -0.883. The van der Waals surface area contributed by atoms with E-state index in [1.54, 1.807) is 75.7 Å². The summed E-state index contributed by atoms with van der Waals surface area (Å²) in [6, 6.07) is 18.5. The molecule has 3 aromatic carbocycles. The van der Waals surface area contributed by atoms with E-state index in [1.807, 2.05) is 25.3 Å². The number of carbonyl (C=O) groups excluding carboxylic acids is 1. The number of ether oxygens (including phenoxy) is 2. The molecule has 0 aliphatic rings. The predicted octanol–water partition coefficient (Wildman–Crippen LogP) is 4.81. The molecule has 1 N–H and O–H groups in total. The van der Waals surface area contributed by atoms with Crippen LogP contribution < -0.4 is 19.1 Å². The average molecular weight is 515 g/mol. The van der Waals surface area contributed by atoms with Gasteiger partial charge in [0, 0.05) is 10.5 Å². The van der Waals surface area contributed by atoms with E-state index in [1.165, 1.54) is 11.8 Å². The molecule has 0 aliphatic heterocycles. The molecule has 0 saturated carbocycles. The second-order valence-electron chi connectivity index (χ2n) is 7.92. The van der Waals surface area contributed by atoms with Crippen LogP contribution >= 0.6 is 11.8 Å². The zero-order valence-electron chi connectivity index (χ0n) is 20.4. The lowest BCUT2D eigenvalue weighted by molar-refractivity contribution is -0.120. The van der Waals surface area contributed by atoms with E-state index in [-0.39, 0.29) is 11.4 Å². The number of nitrogens with one attached hydrogen (secondary N) is 1. The highest BCUT2D eigenvalue weighted by atomic mass is 32.2. The van der Waals surface area contributed by atoms with Crippen molar-refractivity contribution in [3.05, 3.63) is 77.9 Å². The molecule has 3 aromatic rings. The van der Waals surface area contributed by atoms with E-state index < -0.39 is 22.0 Å². The summed E-state index contributed by atoms with van der Waals surface area (Å²) >= 11 is 1.52. The van der Waals surface area contributed by atoms with E-state index in [2.05, 4.69) is 5.32 Å². The van der Waals surface area contributed by atoms with Crippen LogP contribution in [0.15, 0.2) is 76.5 Å². The van der Waals surface area contributed by atoms with Crippen LogP contribution in [0.1, 0.15) is 24.1 Å². The molecule has 9 heteroatoms. The number of methoxy groups -OCH3 is 2. The van der Waals surface area contributed by atoms with E-state index in [0.717, 1.165) is 20.3 Å². The minimum Gasteiger partial charge on any atom is -0.497 e. The summed E-state index contributed by atoms with van der Waals surface area (Å²) < 4.78 is 39.0. The Hall–Kier alpha value is -3.17.